The number of rotatable bonds is 9. The van der Waals surface area contributed by atoms with Gasteiger partial charge in [0.15, 0.2) is 6.61 Å². The monoisotopic (exact) mass is 502 g/mol. The zero-order chi connectivity index (χ0) is 26.4. The second kappa shape index (κ2) is 11.6. The van der Waals surface area contributed by atoms with Crippen LogP contribution in [0.2, 0.25) is 0 Å². The highest BCUT2D eigenvalue weighted by molar-refractivity contribution is 6.00. The molecule has 1 heterocycles. The van der Waals surface area contributed by atoms with Gasteiger partial charge in [0.25, 0.3) is 5.91 Å². The second-order valence-corrected chi connectivity index (χ2v) is 8.86. The van der Waals surface area contributed by atoms with Crippen LogP contribution in [0.15, 0.2) is 66.7 Å². The number of anilines is 2. The molecule has 0 aromatic heterocycles. The van der Waals surface area contributed by atoms with E-state index >= 15 is 0 Å². The highest BCUT2D eigenvalue weighted by Crippen LogP contribution is 2.29. The molecule has 0 aliphatic carbocycles. The number of benzene rings is 3. The average Bonchev–Trinajstić information content (AvgIpc) is 3.28. The lowest BCUT2D eigenvalue weighted by Gasteiger charge is -2.17. The van der Waals surface area contributed by atoms with Gasteiger partial charge in [-0.25, -0.2) is 0 Å². The Kier molecular flexibility index (Phi) is 8.08. The van der Waals surface area contributed by atoms with E-state index in [4.69, 9.17) is 14.2 Å². The first-order chi connectivity index (χ1) is 17.8. The Hall–Kier alpha value is -4.33. The van der Waals surface area contributed by atoms with Crippen molar-refractivity contribution < 1.29 is 28.6 Å². The summed E-state index contributed by atoms with van der Waals surface area (Å²) in [5.74, 6) is 0.229. The quantitative estimate of drug-likeness (QED) is 0.413. The van der Waals surface area contributed by atoms with E-state index in [9.17, 15) is 14.4 Å². The molecule has 2 amide bonds. The molecule has 192 valence electrons. The number of amides is 2. The summed E-state index contributed by atoms with van der Waals surface area (Å²) in [7, 11) is 0. The normalized spacial score (nSPS) is 14.8. The molecule has 37 heavy (non-hydrogen) atoms. The molecule has 0 bridgehead atoms. The molecule has 1 aliphatic rings. The van der Waals surface area contributed by atoms with Gasteiger partial charge in [-0.3, -0.25) is 14.4 Å². The molecule has 3 aromatic rings. The van der Waals surface area contributed by atoms with Crippen molar-refractivity contribution in [1.29, 1.82) is 0 Å². The largest absolute Gasteiger partial charge is 0.494 e. The van der Waals surface area contributed by atoms with Crippen molar-refractivity contribution in [2.75, 3.05) is 30.0 Å². The van der Waals surface area contributed by atoms with Gasteiger partial charge in [-0.2, -0.15) is 0 Å². The number of hydrogen-bond donors (Lipinski definition) is 1. The first kappa shape index (κ1) is 25.8. The molecule has 8 nitrogen and oxygen atoms in total. The molecule has 0 radical (unpaired) electrons. The van der Waals surface area contributed by atoms with Crippen molar-refractivity contribution in [3.8, 4) is 17.2 Å². The van der Waals surface area contributed by atoms with E-state index in [1.54, 1.807) is 53.4 Å². The number of nitrogens with zero attached hydrogens (tertiary/aromatic N) is 1. The van der Waals surface area contributed by atoms with Gasteiger partial charge in [-0.05, 0) is 92.6 Å². The number of hydrogen-bond acceptors (Lipinski definition) is 6. The van der Waals surface area contributed by atoms with Crippen molar-refractivity contribution in [2.45, 2.75) is 27.2 Å². The van der Waals surface area contributed by atoms with Crippen molar-refractivity contribution in [2.24, 2.45) is 5.92 Å². The van der Waals surface area contributed by atoms with Crippen LogP contribution in [0.5, 0.6) is 17.2 Å². The smallest absolute Gasteiger partial charge is 0.311 e. The summed E-state index contributed by atoms with van der Waals surface area (Å²) >= 11 is 0. The van der Waals surface area contributed by atoms with Crippen LogP contribution in [0.4, 0.5) is 11.4 Å². The fraction of sp³-hybridized carbons (Fsp3) is 0.276. The Balaban J connectivity index is 1.27. The zero-order valence-corrected chi connectivity index (χ0v) is 21.2. The van der Waals surface area contributed by atoms with Gasteiger partial charge in [0.2, 0.25) is 5.91 Å². The van der Waals surface area contributed by atoms with E-state index in [0.717, 1.165) is 11.3 Å². The maximum absolute atomic E-state index is 12.6. The number of esters is 1. The predicted molar refractivity (Wildman–Crippen MR) is 140 cm³/mol. The lowest BCUT2D eigenvalue weighted by atomic mass is 10.1. The summed E-state index contributed by atoms with van der Waals surface area (Å²) in [6.45, 7) is 6.27. The topological polar surface area (TPSA) is 94.2 Å². The van der Waals surface area contributed by atoms with Crippen LogP contribution in [0.1, 0.15) is 24.5 Å². The molecule has 3 aromatic carbocycles. The molecule has 1 saturated heterocycles. The highest BCUT2D eigenvalue weighted by atomic mass is 16.5. The Morgan fingerprint density at radius 1 is 0.919 bits per heavy atom. The van der Waals surface area contributed by atoms with Gasteiger partial charge < -0.3 is 24.4 Å². The third kappa shape index (κ3) is 6.67. The minimum absolute atomic E-state index is 0.0280. The first-order valence-corrected chi connectivity index (χ1v) is 12.2. The second-order valence-electron chi connectivity index (χ2n) is 8.86. The maximum atomic E-state index is 12.6. The van der Waals surface area contributed by atoms with Crippen LogP contribution in [0.25, 0.3) is 0 Å². The summed E-state index contributed by atoms with van der Waals surface area (Å²) < 4.78 is 16.5. The molecule has 1 N–H and O–H groups in total. The summed E-state index contributed by atoms with van der Waals surface area (Å²) in [6, 6.07) is 19.9. The Morgan fingerprint density at radius 2 is 1.59 bits per heavy atom. The van der Waals surface area contributed by atoms with Crippen molar-refractivity contribution in [1.82, 2.24) is 0 Å². The first-order valence-electron chi connectivity index (χ1n) is 12.2. The van der Waals surface area contributed by atoms with Gasteiger partial charge in [-0.1, -0.05) is 6.07 Å². The standard InChI is InChI=1S/C29H30N2O6/c1-4-35-24-11-6-22(7-12-24)30-27(32)18-36-29(34)21-16-28(33)31(17-21)23-8-13-25(14-9-23)37-26-10-5-19(2)20(3)15-26/h5-15,21H,4,16-18H2,1-3H3,(H,30,32)/t21-/m1/s1. The molecular formula is C29H30N2O6. The fourth-order valence-corrected chi connectivity index (χ4v) is 3.98. The van der Waals surface area contributed by atoms with Crippen molar-refractivity contribution in [3.05, 3.63) is 77.9 Å². The minimum Gasteiger partial charge on any atom is -0.494 e. The molecule has 0 unspecified atom stereocenters. The SMILES string of the molecule is CCOc1ccc(NC(=O)COC(=O)[C@@H]2CC(=O)N(c3ccc(Oc4ccc(C)c(C)c4)cc3)C2)cc1. The van der Waals surface area contributed by atoms with Crippen LogP contribution in [-0.2, 0) is 19.1 Å². The van der Waals surface area contributed by atoms with Crippen LogP contribution in [0, 0.1) is 19.8 Å². The molecule has 8 heteroatoms. The molecule has 1 aliphatic heterocycles. The molecule has 1 atom stereocenters. The molecule has 1 fully saturated rings. The zero-order valence-electron chi connectivity index (χ0n) is 21.2. The van der Waals surface area contributed by atoms with Gasteiger partial charge in [0.1, 0.15) is 17.2 Å². The third-order valence-corrected chi connectivity index (χ3v) is 6.12. The number of nitrogens with one attached hydrogen (secondary N) is 1. The molecular weight excluding hydrogens is 472 g/mol. The average molecular weight is 503 g/mol. The maximum Gasteiger partial charge on any atom is 0.311 e. The van der Waals surface area contributed by atoms with E-state index in [1.807, 2.05) is 39.0 Å². The lowest BCUT2D eigenvalue weighted by molar-refractivity contribution is -0.151. The fourth-order valence-electron chi connectivity index (χ4n) is 3.98. The van der Waals surface area contributed by atoms with Crippen molar-refractivity contribution >= 4 is 29.2 Å². The van der Waals surface area contributed by atoms with E-state index in [1.165, 1.54) is 5.56 Å². The summed E-state index contributed by atoms with van der Waals surface area (Å²) in [5, 5.41) is 2.67. The van der Waals surface area contributed by atoms with E-state index in [0.29, 0.717) is 29.5 Å². The summed E-state index contributed by atoms with van der Waals surface area (Å²) in [6.07, 6.45) is 0.0280. The van der Waals surface area contributed by atoms with Gasteiger partial charge in [0, 0.05) is 24.3 Å². The molecule has 0 saturated carbocycles. The number of aryl methyl sites for hydroxylation is 2. The van der Waals surface area contributed by atoms with Gasteiger partial charge in [-0.15, -0.1) is 0 Å². The Labute approximate surface area is 216 Å². The van der Waals surface area contributed by atoms with Gasteiger partial charge >= 0.3 is 5.97 Å². The summed E-state index contributed by atoms with van der Waals surface area (Å²) in [5.41, 5.74) is 3.57. The van der Waals surface area contributed by atoms with Crippen molar-refractivity contribution in [3.63, 3.8) is 0 Å². The van der Waals surface area contributed by atoms with E-state index < -0.39 is 24.4 Å². The van der Waals surface area contributed by atoms with E-state index in [-0.39, 0.29) is 18.9 Å². The Bertz CT molecular complexity index is 1270. The van der Waals surface area contributed by atoms with Crippen LogP contribution in [-0.4, -0.2) is 37.5 Å². The number of carbonyl (C=O) groups is 3. The summed E-state index contributed by atoms with van der Waals surface area (Å²) in [4.78, 5) is 38.8. The molecule has 4 rings (SSSR count). The van der Waals surface area contributed by atoms with Crippen LogP contribution in [0.3, 0.4) is 0 Å². The number of carbonyl (C=O) groups excluding carboxylic acids is 3. The van der Waals surface area contributed by atoms with E-state index in [2.05, 4.69) is 5.32 Å². The predicted octanol–water partition coefficient (Wildman–Crippen LogP) is 5.03. The Morgan fingerprint density at radius 3 is 2.27 bits per heavy atom. The third-order valence-electron chi connectivity index (χ3n) is 6.12. The highest BCUT2D eigenvalue weighted by Gasteiger charge is 2.36. The van der Waals surface area contributed by atoms with Gasteiger partial charge in [0.05, 0.1) is 12.5 Å². The van der Waals surface area contributed by atoms with Crippen LogP contribution >= 0.6 is 0 Å². The lowest BCUT2D eigenvalue weighted by Crippen LogP contribution is -2.28. The number of ether oxygens (including phenoxy) is 3. The minimum atomic E-state index is -0.641. The molecule has 0 spiro atoms. The van der Waals surface area contributed by atoms with Crippen LogP contribution < -0.4 is 19.7 Å².